The number of amides is 1. The van der Waals surface area contributed by atoms with E-state index in [1.807, 2.05) is 0 Å². The Morgan fingerprint density at radius 1 is 1.26 bits per heavy atom. The summed E-state index contributed by atoms with van der Waals surface area (Å²) in [5.74, 6) is 0.166. The van der Waals surface area contributed by atoms with Gasteiger partial charge in [-0.25, -0.2) is 0 Å². The van der Waals surface area contributed by atoms with Gasteiger partial charge < -0.3 is 10.6 Å². The number of carbonyl (C=O) groups excluding carboxylic acids is 1. The smallest absolute Gasteiger partial charge is 0.237 e. The third-order valence-electron chi connectivity index (χ3n) is 4.53. The molecule has 1 heterocycles. The lowest BCUT2D eigenvalue weighted by molar-refractivity contribution is -0.125. The minimum atomic E-state index is -0.0766. The topological polar surface area (TPSA) is 41.1 Å². The minimum absolute atomic E-state index is 0.0235. The van der Waals surface area contributed by atoms with Crippen molar-refractivity contribution >= 4 is 5.91 Å². The number of nitrogens with one attached hydrogen (secondary N) is 2. The molecule has 2 aliphatic rings. The number of fused-ring (bicyclic) bond motifs is 1. The normalized spacial score (nSPS) is 24.8. The van der Waals surface area contributed by atoms with Crippen molar-refractivity contribution in [1.29, 1.82) is 0 Å². The van der Waals surface area contributed by atoms with E-state index in [0.717, 1.165) is 25.8 Å². The molecular formula is C16H22N2O. The number of benzene rings is 1. The molecule has 3 nitrogen and oxygen atoms in total. The fraction of sp³-hybridized carbons (Fsp3) is 0.562. The summed E-state index contributed by atoms with van der Waals surface area (Å²) < 4.78 is 0. The van der Waals surface area contributed by atoms with E-state index in [0.29, 0.717) is 0 Å². The van der Waals surface area contributed by atoms with Crippen LogP contribution in [0.25, 0.3) is 0 Å². The van der Waals surface area contributed by atoms with Gasteiger partial charge >= 0.3 is 0 Å². The second-order valence-corrected chi connectivity index (χ2v) is 6.16. The first-order valence-corrected chi connectivity index (χ1v) is 7.28. The quantitative estimate of drug-likeness (QED) is 0.853. The molecule has 1 aromatic carbocycles. The van der Waals surface area contributed by atoms with Crippen molar-refractivity contribution in [2.45, 2.75) is 57.2 Å². The number of carbonyl (C=O) groups is 1. The molecule has 1 fully saturated rings. The third kappa shape index (κ3) is 2.66. The Labute approximate surface area is 114 Å². The highest BCUT2D eigenvalue weighted by molar-refractivity contribution is 5.83. The molecule has 0 spiro atoms. The molecule has 102 valence electrons. The maximum absolute atomic E-state index is 12.4. The SMILES string of the molecule is CC1(NC(=O)[C@@H]2Cc3ccccc3CN2)CCCC1. The van der Waals surface area contributed by atoms with Crippen molar-refractivity contribution in [2.75, 3.05) is 0 Å². The average Bonchev–Trinajstić information content (AvgIpc) is 2.84. The van der Waals surface area contributed by atoms with Crippen LogP contribution in [0.2, 0.25) is 0 Å². The van der Waals surface area contributed by atoms with Gasteiger partial charge in [0.2, 0.25) is 5.91 Å². The van der Waals surface area contributed by atoms with Gasteiger partial charge in [-0.3, -0.25) is 4.79 Å². The van der Waals surface area contributed by atoms with Crippen LogP contribution >= 0.6 is 0 Å². The molecule has 3 rings (SSSR count). The minimum Gasteiger partial charge on any atom is -0.350 e. The molecule has 1 aromatic rings. The Bertz CT molecular complexity index is 477. The predicted molar refractivity (Wildman–Crippen MR) is 75.8 cm³/mol. The third-order valence-corrected chi connectivity index (χ3v) is 4.53. The van der Waals surface area contributed by atoms with Crippen LogP contribution in [0.4, 0.5) is 0 Å². The molecule has 19 heavy (non-hydrogen) atoms. The molecular weight excluding hydrogens is 236 g/mol. The summed E-state index contributed by atoms with van der Waals surface area (Å²) in [7, 11) is 0. The van der Waals surface area contributed by atoms with Crippen LogP contribution in [0.1, 0.15) is 43.7 Å². The molecule has 0 radical (unpaired) electrons. The zero-order valence-corrected chi connectivity index (χ0v) is 11.5. The van der Waals surface area contributed by atoms with E-state index in [1.54, 1.807) is 0 Å². The average molecular weight is 258 g/mol. The Morgan fingerprint density at radius 3 is 2.68 bits per heavy atom. The van der Waals surface area contributed by atoms with Gasteiger partial charge in [0.15, 0.2) is 0 Å². The van der Waals surface area contributed by atoms with E-state index in [-0.39, 0.29) is 17.5 Å². The fourth-order valence-electron chi connectivity index (χ4n) is 3.30. The molecule has 1 aliphatic heterocycles. The van der Waals surface area contributed by atoms with E-state index < -0.39 is 0 Å². The van der Waals surface area contributed by atoms with Gasteiger partial charge in [-0.2, -0.15) is 0 Å². The summed E-state index contributed by atoms with van der Waals surface area (Å²) in [6, 6.07) is 8.30. The van der Waals surface area contributed by atoms with Crippen molar-refractivity contribution in [3.05, 3.63) is 35.4 Å². The Balaban J connectivity index is 1.66. The highest BCUT2D eigenvalue weighted by atomic mass is 16.2. The van der Waals surface area contributed by atoms with Gasteiger partial charge in [-0.15, -0.1) is 0 Å². The maximum Gasteiger partial charge on any atom is 0.237 e. The van der Waals surface area contributed by atoms with E-state index in [2.05, 4.69) is 41.8 Å². The predicted octanol–water partition coefficient (Wildman–Crippen LogP) is 2.15. The zero-order valence-electron chi connectivity index (χ0n) is 11.5. The van der Waals surface area contributed by atoms with Gasteiger partial charge in [0, 0.05) is 12.1 Å². The lowest BCUT2D eigenvalue weighted by atomic mass is 9.94. The van der Waals surface area contributed by atoms with Crippen molar-refractivity contribution < 1.29 is 4.79 Å². The molecule has 0 bridgehead atoms. The summed E-state index contributed by atoms with van der Waals surface area (Å²) in [5, 5.41) is 6.61. The van der Waals surface area contributed by atoms with E-state index in [9.17, 15) is 4.79 Å². The first kappa shape index (κ1) is 12.7. The molecule has 0 aromatic heterocycles. The molecule has 0 saturated heterocycles. The molecule has 0 unspecified atom stereocenters. The van der Waals surface area contributed by atoms with E-state index in [1.165, 1.54) is 24.0 Å². The van der Waals surface area contributed by atoms with E-state index in [4.69, 9.17) is 0 Å². The first-order chi connectivity index (χ1) is 9.16. The van der Waals surface area contributed by atoms with E-state index >= 15 is 0 Å². The monoisotopic (exact) mass is 258 g/mol. The van der Waals surface area contributed by atoms with Crippen molar-refractivity contribution in [3.8, 4) is 0 Å². The maximum atomic E-state index is 12.4. The molecule has 1 aliphatic carbocycles. The summed E-state index contributed by atoms with van der Waals surface area (Å²) in [6.45, 7) is 2.97. The van der Waals surface area contributed by atoms with Crippen LogP contribution < -0.4 is 10.6 Å². The standard InChI is InChI=1S/C16H22N2O/c1-16(8-4-5-9-16)18-15(19)14-10-12-6-2-3-7-13(12)11-17-14/h2-3,6-7,14,17H,4-5,8-11H2,1H3,(H,18,19)/t14-/m0/s1. The van der Waals surface area contributed by atoms with Gasteiger partial charge in [0.05, 0.1) is 6.04 Å². The molecule has 1 saturated carbocycles. The van der Waals surface area contributed by atoms with Crippen LogP contribution in [0.3, 0.4) is 0 Å². The Morgan fingerprint density at radius 2 is 1.95 bits per heavy atom. The molecule has 1 atom stereocenters. The van der Waals surface area contributed by atoms with Crippen LogP contribution in [-0.2, 0) is 17.8 Å². The molecule has 1 amide bonds. The first-order valence-electron chi connectivity index (χ1n) is 7.28. The van der Waals surface area contributed by atoms with Crippen molar-refractivity contribution in [3.63, 3.8) is 0 Å². The van der Waals surface area contributed by atoms with Crippen LogP contribution in [0.5, 0.6) is 0 Å². The van der Waals surface area contributed by atoms with Crippen LogP contribution in [-0.4, -0.2) is 17.5 Å². The molecule has 2 N–H and O–H groups in total. The van der Waals surface area contributed by atoms with Crippen LogP contribution in [0, 0.1) is 0 Å². The number of rotatable bonds is 2. The lowest BCUT2D eigenvalue weighted by Crippen LogP contribution is -2.54. The van der Waals surface area contributed by atoms with Gasteiger partial charge in [0.25, 0.3) is 0 Å². The zero-order chi connectivity index (χ0) is 13.3. The van der Waals surface area contributed by atoms with Gasteiger partial charge in [-0.05, 0) is 37.3 Å². The molecule has 3 heteroatoms. The summed E-state index contributed by atoms with van der Waals surface area (Å²) in [6.07, 6.45) is 5.50. The highest BCUT2D eigenvalue weighted by Gasteiger charge is 2.33. The largest absolute Gasteiger partial charge is 0.350 e. The van der Waals surface area contributed by atoms with Gasteiger partial charge in [-0.1, -0.05) is 37.1 Å². The second-order valence-electron chi connectivity index (χ2n) is 6.16. The summed E-state index contributed by atoms with van der Waals surface area (Å²) in [4.78, 5) is 12.4. The second kappa shape index (κ2) is 4.97. The fourth-order valence-corrected chi connectivity index (χ4v) is 3.30. The van der Waals surface area contributed by atoms with Crippen molar-refractivity contribution in [2.24, 2.45) is 0 Å². The highest BCUT2D eigenvalue weighted by Crippen LogP contribution is 2.29. The summed E-state index contributed by atoms with van der Waals surface area (Å²) >= 11 is 0. The Kier molecular flexibility index (Phi) is 3.31. The Hall–Kier alpha value is -1.35. The number of hydrogen-bond donors (Lipinski definition) is 2. The van der Waals surface area contributed by atoms with Crippen molar-refractivity contribution in [1.82, 2.24) is 10.6 Å². The van der Waals surface area contributed by atoms with Gasteiger partial charge in [0.1, 0.15) is 0 Å². The van der Waals surface area contributed by atoms with Crippen LogP contribution in [0.15, 0.2) is 24.3 Å². The lowest BCUT2D eigenvalue weighted by Gasteiger charge is -2.31. The number of hydrogen-bond acceptors (Lipinski definition) is 2. The summed E-state index contributed by atoms with van der Waals surface area (Å²) in [5.41, 5.74) is 2.65.